The quantitative estimate of drug-likeness (QED) is 0.674. The van der Waals surface area contributed by atoms with Gasteiger partial charge in [0.2, 0.25) is 0 Å². The first kappa shape index (κ1) is 11.8. The number of alkyl halides is 6. The second-order valence-electron chi connectivity index (χ2n) is 2.87. The molecule has 1 nitrogen and oxygen atoms in total. The molecular weight excluding hydrogens is 224 g/mol. The summed E-state index contributed by atoms with van der Waals surface area (Å²) >= 11 is 0. The normalized spacial score (nSPS) is 12.9. The van der Waals surface area contributed by atoms with Crippen molar-refractivity contribution in [2.75, 3.05) is 0 Å². The van der Waals surface area contributed by atoms with Crippen LogP contribution in [0.15, 0.2) is 18.5 Å². The van der Waals surface area contributed by atoms with E-state index in [1.165, 1.54) is 0 Å². The lowest BCUT2D eigenvalue weighted by Crippen LogP contribution is -2.13. The molecule has 0 fully saturated rings. The summed E-state index contributed by atoms with van der Waals surface area (Å²) in [7, 11) is 0. The number of hydrogen-bond donors (Lipinski definition) is 0. The lowest BCUT2D eigenvalue weighted by molar-refractivity contribution is -0.139. The first-order valence-corrected chi connectivity index (χ1v) is 3.76. The maximum atomic E-state index is 12.1. The summed E-state index contributed by atoms with van der Waals surface area (Å²) in [6.07, 6.45) is -9.37. The topological polar surface area (TPSA) is 12.9 Å². The molecule has 0 unspecified atom stereocenters. The van der Waals surface area contributed by atoms with Gasteiger partial charge >= 0.3 is 12.4 Å². The van der Waals surface area contributed by atoms with Crippen molar-refractivity contribution in [1.29, 1.82) is 0 Å². The number of aromatic nitrogens is 1. The van der Waals surface area contributed by atoms with Crippen LogP contribution >= 0.6 is 0 Å². The van der Waals surface area contributed by atoms with Crippen molar-refractivity contribution in [3.63, 3.8) is 0 Å². The summed E-state index contributed by atoms with van der Waals surface area (Å²) in [5.74, 6) is 0. The van der Waals surface area contributed by atoms with Crippen LogP contribution in [-0.2, 0) is 12.6 Å². The average Bonchev–Trinajstić information content (AvgIpc) is 1.99. The van der Waals surface area contributed by atoms with E-state index in [1.807, 2.05) is 0 Å². The number of pyridine rings is 1. The lowest BCUT2D eigenvalue weighted by Gasteiger charge is -2.09. The summed E-state index contributed by atoms with van der Waals surface area (Å²) in [5, 5.41) is 0. The van der Waals surface area contributed by atoms with Gasteiger partial charge in [-0.2, -0.15) is 26.3 Å². The van der Waals surface area contributed by atoms with Crippen molar-refractivity contribution in [3.05, 3.63) is 29.6 Å². The van der Waals surface area contributed by atoms with Gasteiger partial charge in [0.25, 0.3) is 0 Å². The predicted octanol–water partition coefficient (Wildman–Crippen LogP) is 3.21. The van der Waals surface area contributed by atoms with Gasteiger partial charge in [0.1, 0.15) is 0 Å². The monoisotopic (exact) mass is 229 g/mol. The van der Waals surface area contributed by atoms with Crippen LogP contribution in [0.25, 0.3) is 0 Å². The van der Waals surface area contributed by atoms with Crippen molar-refractivity contribution < 1.29 is 26.3 Å². The molecule has 0 spiro atoms. The summed E-state index contributed by atoms with van der Waals surface area (Å²) in [5.41, 5.74) is -1.68. The lowest BCUT2D eigenvalue weighted by atomic mass is 10.1. The summed E-state index contributed by atoms with van der Waals surface area (Å²) in [6, 6.07) is 0.445. The van der Waals surface area contributed by atoms with Crippen LogP contribution < -0.4 is 0 Å². The van der Waals surface area contributed by atoms with Crippen molar-refractivity contribution in [2.24, 2.45) is 0 Å². The van der Waals surface area contributed by atoms with Crippen LogP contribution in [0.1, 0.15) is 11.1 Å². The smallest absolute Gasteiger partial charge is 0.264 e. The maximum Gasteiger partial charge on any atom is 0.417 e. The van der Waals surface area contributed by atoms with Crippen LogP contribution in [0.5, 0.6) is 0 Å². The van der Waals surface area contributed by atoms with Crippen LogP contribution in [0.4, 0.5) is 26.3 Å². The fourth-order valence-corrected chi connectivity index (χ4v) is 0.971. The Bertz CT molecular complexity index is 340. The average molecular weight is 229 g/mol. The molecule has 0 aliphatic carbocycles. The van der Waals surface area contributed by atoms with Crippen LogP contribution in [0.2, 0.25) is 0 Å². The molecule has 1 rings (SSSR count). The first-order chi connectivity index (χ1) is 6.68. The molecule has 0 bridgehead atoms. The minimum Gasteiger partial charge on any atom is -0.264 e. The number of halogens is 6. The van der Waals surface area contributed by atoms with Crippen LogP contribution in [-0.4, -0.2) is 11.2 Å². The molecule has 0 atom stereocenters. The molecule has 0 radical (unpaired) electrons. The highest BCUT2D eigenvalue weighted by Gasteiger charge is 2.33. The fourth-order valence-electron chi connectivity index (χ4n) is 0.971. The van der Waals surface area contributed by atoms with Gasteiger partial charge in [0, 0.05) is 12.4 Å². The van der Waals surface area contributed by atoms with E-state index in [4.69, 9.17) is 0 Å². The van der Waals surface area contributed by atoms with E-state index in [0.717, 1.165) is 6.20 Å². The van der Waals surface area contributed by atoms with Gasteiger partial charge in [-0.05, 0) is 11.6 Å². The second-order valence-corrected chi connectivity index (χ2v) is 2.87. The Morgan fingerprint density at radius 2 is 1.60 bits per heavy atom. The Morgan fingerprint density at radius 3 is 2.07 bits per heavy atom. The van der Waals surface area contributed by atoms with Gasteiger partial charge in [0.05, 0.1) is 12.0 Å². The molecule has 84 valence electrons. The molecule has 0 saturated heterocycles. The standard InChI is InChI=1S/C8H5F6N/c9-7(10,11)2-5-1-6(4-15-3-5)8(12,13)14/h1,3-4H,2H2. The highest BCUT2D eigenvalue weighted by Crippen LogP contribution is 2.30. The molecule has 0 amide bonds. The van der Waals surface area contributed by atoms with E-state index in [9.17, 15) is 26.3 Å². The zero-order valence-electron chi connectivity index (χ0n) is 7.15. The Kier molecular flexibility index (Phi) is 2.92. The van der Waals surface area contributed by atoms with E-state index < -0.39 is 29.9 Å². The molecular formula is C8H5F6N. The van der Waals surface area contributed by atoms with Crippen molar-refractivity contribution in [3.8, 4) is 0 Å². The van der Waals surface area contributed by atoms with E-state index in [2.05, 4.69) is 4.98 Å². The van der Waals surface area contributed by atoms with Gasteiger partial charge in [-0.3, -0.25) is 4.98 Å². The Morgan fingerprint density at radius 1 is 1.00 bits per heavy atom. The highest BCUT2D eigenvalue weighted by atomic mass is 19.4. The molecule has 0 aliphatic rings. The molecule has 0 saturated carbocycles. The van der Waals surface area contributed by atoms with Crippen molar-refractivity contribution in [1.82, 2.24) is 4.98 Å². The summed E-state index contributed by atoms with van der Waals surface area (Å²) < 4.78 is 71.8. The van der Waals surface area contributed by atoms with Gasteiger partial charge in [-0.25, -0.2) is 0 Å². The molecule has 1 heterocycles. The van der Waals surface area contributed by atoms with Crippen LogP contribution in [0, 0.1) is 0 Å². The molecule has 0 aliphatic heterocycles. The van der Waals surface area contributed by atoms with E-state index in [1.54, 1.807) is 0 Å². The third-order valence-corrected chi connectivity index (χ3v) is 1.53. The molecule has 1 aromatic heterocycles. The van der Waals surface area contributed by atoms with Gasteiger partial charge in [-0.1, -0.05) is 0 Å². The molecule has 7 heteroatoms. The zero-order valence-corrected chi connectivity index (χ0v) is 7.15. The Balaban J connectivity index is 2.94. The second kappa shape index (κ2) is 3.71. The molecule has 15 heavy (non-hydrogen) atoms. The highest BCUT2D eigenvalue weighted by molar-refractivity contribution is 5.21. The first-order valence-electron chi connectivity index (χ1n) is 3.76. The van der Waals surface area contributed by atoms with E-state index in [0.29, 0.717) is 12.3 Å². The number of nitrogens with zero attached hydrogens (tertiary/aromatic N) is 1. The largest absolute Gasteiger partial charge is 0.417 e. The number of rotatable bonds is 1. The Labute approximate surface area is 80.7 Å². The molecule has 1 aromatic rings. The van der Waals surface area contributed by atoms with E-state index in [-0.39, 0.29) is 0 Å². The predicted molar refractivity (Wildman–Crippen MR) is 39.0 cm³/mol. The van der Waals surface area contributed by atoms with E-state index >= 15 is 0 Å². The number of hydrogen-bond acceptors (Lipinski definition) is 1. The molecule has 0 N–H and O–H groups in total. The third-order valence-electron chi connectivity index (χ3n) is 1.53. The van der Waals surface area contributed by atoms with Crippen molar-refractivity contribution in [2.45, 2.75) is 18.8 Å². The zero-order chi connectivity index (χ0) is 11.7. The minimum absolute atomic E-state index is 0.445. The third kappa shape index (κ3) is 3.77. The molecule has 0 aromatic carbocycles. The van der Waals surface area contributed by atoms with Gasteiger partial charge in [-0.15, -0.1) is 0 Å². The maximum absolute atomic E-state index is 12.1. The SMILES string of the molecule is FC(F)(F)Cc1cncc(C(F)(F)F)c1. The van der Waals surface area contributed by atoms with Gasteiger partial charge in [0.15, 0.2) is 0 Å². The summed E-state index contributed by atoms with van der Waals surface area (Å²) in [4.78, 5) is 3.12. The summed E-state index contributed by atoms with van der Waals surface area (Å²) in [6.45, 7) is 0. The fraction of sp³-hybridized carbons (Fsp3) is 0.375. The van der Waals surface area contributed by atoms with Crippen LogP contribution in [0.3, 0.4) is 0 Å². The van der Waals surface area contributed by atoms with Gasteiger partial charge < -0.3 is 0 Å². The Hall–Kier alpha value is -1.27. The van der Waals surface area contributed by atoms with Crippen molar-refractivity contribution >= 4 is 0 Å². The minimum atomic E-state index is -4.67.